The molecule has 0 aliphatic carbocycles. The lowest BCUT2D eigenvalue weighted by atomic mass is 10.1. The number of hydrogen-bond acceptors (Lipinski definition) is 3. The third kappa shape index (κ3) is 6.20. The van der Waals surface area contributed by atoms with Gasteiger partial charge in [0.1, 0.15) is 0 Å². The first-order valence-electron chi connectivity index (χ1n) is 7.93. The molecule has 1 atom stereocenters. The highest BCUT2D eigenvalue weighted by molar-refractivity contribution is 6.30. The van der Waals surface area contributed by atoms with Gasteiger partial charge in [-0.3, -0.25) is 9.59 Å². The molecule has 1 fully saturated rings. The molecule has 1 saturated heterocycles. The van der Waals surface area contributed by atoms with Crippen LogP contribution in [-0.2, 0) is 20.7 Å². The number of nitrogens with zero attached hydrogens (tertiary/aromatic N) is 1. The number of rotatable bonds is 7. The van der Waals surface area contributed by atoms with Gasteiger partial charge in [0.2, 0.25) is 11.8 Å². The molecule has 0 bridgehead atoms. The van der Waals surface area contributed by atoms with Crippen LogP contribution >= 0.6 is 11.6 Å². The lowest BCUT2D eigenvalue weighted by Gasteiger charge is -2.23. The molecular weight excluding hydrogens is 316 g/mol. The zero-order valence-corrected chi connectivity index (χ0v) is 14.1. The van der Waals surface area contributed by atoms with Gasteiger partial charge in [0, 0.05) is 31.6 Å². The average Bonchev–Trinajstić information content (AvgIpc) is 2.99. The molecule has 5 nitrogen and oxygen atoms in total. The van der Waals surface area contributed by atoms with Crippen LogP contribution in [0.15, 0.2) is 24.3 Å². The second-order valence-corrected chi connectivity index (χ2v) is 6.20. The van der Waals surface area contributed by atoms with E-state index in [1.165, 1.54) is 6.92 Å². The number of nitrogens with one attached hydrogen (secondary N) is 1. The van der Waals surface area contributed by atoms with Gasteiger partial charge in [0.25, 0.3) is 0 Å². The number of ether oxygens (including phenoxy) is 1. The molecule has 1 aliphatic rings. The summed E-state index contributed by atoms with van der Waals surface area (Å²) in [6, 6.07) is 7.56. The highest BCUT2D eigenvalue weighted by atomic mass is 35.5. The molecule has 2 amide bonds. The molecule has 0 saturated carbocycles. The van der Waals surface area contributed by atoms with E-state index in [2.05, 4.69) is 5.32 Å². The Kier molecular flexibility index (Phi) is 6.86. The van der Waals surface area contributed by atoms with Crippen molar-refractivity contribution in [3.05, 3.63) is 34.9 Å². The van der Waals surface area contributed by atoms with Crippen molar-refractivity contribution in [2.75, 3.05) is 26.2 Å². The summed E-state index contributed by atoms with van der Waals surface area (Å²) in [5.74, 6) is -0.259. The molecule has 23 heavy (non-hydrogen) atoms. The first-order chi connectivity index (χ1) is 11.0. The van der Waals surface area contributed by atoms with Crippen LogP contribution in [0.3, 0.4) is 0 Å². The van der Waals surface area contributed by atoms with Crippen LogP contribution in [0.5, 0.6) is 0 Å². The minimum Gasteiger partial charge on any atom is -0.376 e. The van der Waals surface area contributed by atoms with E-state index in [9.17, 15) is 9.59 Å². The summed E-state index contributed by atoms with van der Waals surface area (Å²) >= 11 is 5.93. The molecule has 1 aliphatic heterocycles. The van der Waals surface area contributed by atoms with Crippen molar-refractivity contribution in [3.63, 3.8) is 0 Å². The molecule has 1 unspecified atom stereocenters. The average molecular weight is 339 g/mol. The number of carbonyl (C=O) groups excluding carboxylic acids is 2. The fraction of sp³-hybridized carbons (Fsp3) is 0.529. The van der Waals surface area contributed by atoms with Gasteiger partial charge in [0.05, 0.1) is 12.6 Å². The number of halogens is 1. The molecule has 1 aromatic carbocycles. The molecule has 0 radical (unpaired) electrons. The van der Waals surface area contributed by atoms with Crippen LogP contribution in [0.25, 0.3) is 0 Å². The van der Waals surface area contributed by atoms with E-state index in [1.54, 1.807) is 4.90 Å². The summed E-state index contributed by atoms with van der Waals surface area (Å²) in [7, 11) is 0. The highest BCUT2D eigenvalue weighted by Gasteiger charge is 2.22. The summed E-state index contributed by atoms with van der Waals surface area (Å²) < 4.78 is 5.53. The Bertz CT molecular complexity index is 544. The molecule has 0 aromatic heterocycles. The molecule has 126 valence electrons. The van der Waals surface area contributed by atoms with Gasteiger partial charge in [-0.2, -0.15) is 0 Å². The molecule has 0 spiro atoms. The first kappa shape index (κ1) is 17.8. The largest absolute Gasteiger partial charge is 0.376 e. The Morgan fingerprint density at radius 1 is 1.43 bits per heavy atom. The van der Waals surface area contributed by atoms with Gasteiger partial charge >= 0.3 is 0 Å². The van der Waals surface area contributed by atoms with E-state index < -0.39 is 0 Å². The van der Waals surface area contributed by atoms with Gasteiger partial charge in [-0.25, -0.2) is 0 Å². The lowest BCUT2D eigenvalue weighted by Crippen LogP contribution is -2.43. The van der Waals surface area contributed by atoms with Gasteiger partial charge in [-0.05, 0) is 37.0 Å². The quantitative estimate of drug-likeness (QED) is 0.827. The second-order valence-electron chi connectivity index (χ2n) is 5.76. The van der Waals surface area contributed by atoms with E-state index in [4.69, 9.17) is 16.3 Å². The van der Waals surface area contributed by atoms with E-state index >= 15 is 0 Å². The maximum absolute atomic E-state index is 12.0. The monoisotopic (exact) mass is 338 g/mol. The maximum atomic E-state index is 12.0. The van der Waals surface area contributed by atoms with Crippen molar-refractivity contribution >= 4 is 23.4 Å². The van der Waals surface area contributed by atoms with Crippen molar-refractivity contribution < 1.29 is 14.3 Å². The Morgan fingerprint density at radius 3 is 2.91 bits per heavy atom. The Morgan fingerprint density at radius 2 is 2.26 bits per heavy atom. The van der Waals surface area contributed by atoms with Crippen LogP contribution in [-0.4, -0.2) is 49.1 Å². The van der Waals surface area contributed by atoms with Crippen LogP contribution in [0.4, 0.5) is 0 Å². The number of amides is 2. The predicted octanol–water partition coefficient (Wildman–Crippen LogP) is 2.03. The summed E-state index contributed by atoms with van der Waals surface area (Å²) in [6.07, 6.45) is 2.72. The van der Waals surface area contributed by atoms with Crippen molar-refractivity contribution in [3.8, 4) is 0 Å². The summed E-state index contributed by atoms with van der Waals surface area (Å²) in [4.78, 5) is 25.2. The highest BCUT2D eigenvalue weighted by Crippen LogP contribution is 2.13. The number of hydrogen-bond donors (Lipinski definition) is 1. The summed E-state index contributed by atoms with van der Waals surface area (Å²) in [5.41, 5.74) is 1.07. The smallest absolute Gasteiger partial charge is 0.239 e. The van der Waals surface area contributed by atoms with E-state index in [1.807, 2.05) is 24.3 Å². The van der Waals surface area contributed by atoms with Gasteiger partial charge in [-0.15, -0.1) is 0 Å². The zero-order valence-electron chi connectivity index (χ0n) is 13.4. The molecule has 2 rings (SSSR count). The van der Waals surface area contributed by atoms with Gasteiger partial charge in [0.15, 0.2) is 0 Å². The Labute approximate surface area is 141 Å². The molecule has 6 heteroatoms. The van der Waals surface area contributed by atoms with Crippen LogP contribution < -0.4 is 5.32 Å². The van der Waals surface area contributed by atoms with Crippen LogP contribution in [0.1, 0.15) is 25.3 Å². The minimum absolute atomic E-state index is 0.0539. The van der Waals surface area contributed by atoms with Gasteiger partial charge in [-0.1, -0.05) is 23.7 Å². The topological polar surface area (TPSA) is 58.6 Å². The number of carbonyl (C=O) groups is 2. The fourth-order valence-electron chi connectivity index (χ4n) is 2.61. The molecule has 1 N–H and O–H groups in total. The molecular formula is C17H23ClN2O3. The third-order valence-electron chi connectivity index (χ3n) is 3.85. The van der Waals surface area contributed by atoms with E-state index in [0.29, 0.717) is 24.5 Å². The predicted molar refractivity (Wildman–Crippen MR) is 89.4 cm³/mol. The number of benzene rings is 1. The Hall–Kier alpha value is -1.59. The molecule has 1 heterocycles. The second kappa shape index (κ2) is 8.89. The standard InChI is InChI=1S/C17H23ClN2O3/c1-13(21)20(11-16-6-3-9-23-16)12-17(22)19-8-7-14-4-2-5-15(18)10-14/h2,4-5,10,16H,3,6-9,11-12H2,1H3,(H,19,22). The minimum atomic E-state index is -0.153. The van der Waals surface area contributed by atoms with Crippen molar-refractivity contribution in [1.29, 1.82) is 0 Å². The van der Waals surface area contributed by atoms with Crippen molar-refractivity contribution in [1.82, 2.24) is 10.2 Å². The summed E-state index contributed by atoms with van der Waals surface area (Å²) in [5, 5.41) is 3.53. The van der Waals surface area contributed by atoms with Crippen molar-refractivity contribution in [2.45, 2.75) is 32.3 Å². The normalized spacial score (nSPS) is 17.0. The van der Waals surface area contributed by atoms with Crippen molar-refractivity contribution in [2.24, 2.45) is 0 Å². The summed E-state index contributed by atoms with van der Waals surface area (Å²) in [6.45, 7) is 3.29. The maximum Gasteiger partial charge on any atom is 0.239 e. The van der Waals surface area contributed by atoms with Crippen LogP contribution in [0, 0.1) is 0 Å². The van der Waals surface area contributed by atoms with Gasteiger partial charge < -0.3 is 15.0 Å². The molecule has 1 aromatic rings. The van der Waals surface area contributed by atoms with E-state index in [-0.39, 0.29) is 24.5 Å². The fourth-order valence-corrected chi connectivity index (χ4v) is 2.82. The first-order valence-corrected chi connectivity index (χ1v) is 8.30. The van der Waals surface area contributed by atoms with E-state index in [0.717, 1.165) is 25.0 Å². The third-order valence-corrected chi connectivity index (χ3v) is 4.09. The van der Waals surface area contributed by atoms with Crippen LogP contribution in [0.2, 0.25) is 5.02 Å². The zero-order chi connectivity index (χ0) is 16.7. The lowest BCUT2D eigenvalue weighted by molar-refractivity contribution is -0.135. The SMILES string of the molecule is CC(=O)N(CC(=O)NCCc1cccc(Cl)c1)CC1CCCO1. The Balaban J connectivity index is 1.74.